The molecule has 0 saturated carbocycles. The third kappa shape index (κ3) is 7.13. The van der Waals surface area contributed by atoms with Crippen molar-refractivity contribution in [1.29, 1.82) is 0 Å². The summed E-state index contributed by atoms with van der Waals surface area (Å²) in [5.74, 6) is 0. The van der Waals surface area contributed by atoms with Crippen LogP contribution < -0.4 is 0 Å². The summed E-state index contributed by atoms with van der Waals surface area (Å²) in [5, 5.41) is 12.6. The molecule has 0 bridgehead atoms. The van der Waals surface area contributed by atoms with Crippen molar-refractivity contribution in [2.75, 3.05) is 6.61 Å². The van der Waals surface area contributed by atoms with Crippen molar-refractivity contribution < 1.29 is 5.11 Å². The molecule has 0 aliphatic rings. The van der Waals surface area contributed by atoms with E-state index in [2.05, 4.69) is 13.8 Å². The van der Waals surface area contributed by atoms with Crippen LogP contribution in [-0.4, -0.2) is 24.1 Å². The van der Waals surface area contributed by atoms with Crippen molar-refractivity contribution in [2.45, 2.75) is 61.7 Å². The Kier molecular flexibility index (Phi) is 9.56. The third-order valence-corrected chi connectivity index (χ3v) is 13.6. The predicted octanol–water partition coefficient (Wildman–Crippen LogP) is 4.15. The zero-order valence-electron chi connectivity index (χ0n) is 9.69. The maximum atomic E-state index is 8.85. The van der Waals surface area contributed by atoms with Crippen LogP contribution in [0.3, 0.4) is 0 Å². The van der Waals surface area contributed by atoms with Gasteiger partial charge in [-0.05, 0) is 0 Å². The number of hydrogen-bond donors (Lipinski definition) is 1. The van der Waals surface area contributed by atoms with Gasteiger partial charge in [-0.3, -0.25) is 0 Å². The number of rotatable bonds is 9. The first-order valence-corrected chi connectivity index (χ1v) is 13.2. The van der Waals surface area contributed by atoms with Crippen LogP contribution in [0.1, 0.15) is 46.0 Å². The van der Waals surface area contributed by atoms with E-state index in [0.29, 0.717) is 6.61 Å². The molecule has 0 heterocycles. The van der Waals surface area contributed by atoms with Gasteiger partial charge in [-0.2, -0.15) is 0 Å². The number of hydrogen-bond acceptors (Lipinski definition) is 1. The Hall–Kier alpha value is 0.793. The Bertz CT molecular complexity index is 109. The Morgan fingerprint density at radius 1 is 0.929 bits per heavy atom. The molecule has 0 fully saturated rings. The summed E-state index contributed by atoms with van der Waals surface area (Å²) in [6, 6.07) is 0. The van der Waals surface area contributed by atoms with Crippen LogP contribution in [0.4, 0.5) is 0 Å². The minimum atomic E-state index is -2.01. The average Bonchev–Trinajstić information content (AvgIpc) is 2.21. The Balaban J connectivity index is 3.89. The van der Waals surface area contributed by atoms with Gasteiger partial charge >= 0.3 is 95.8 Å². The van der Waals surface area contributed by atoms with Gasteiger partial charge in [-0.15, -0.1) is 0 Å². The fourth-order valence-electron chi connectivity index (χ4n) is 1.76. The second-order valence-corrected chi connectivity index (χ2v) is 16.3. The summed E-state index contributed by atoms with van der Waals surface area (Å²) < 4.78 is 0. The molecule has 3 heteroatoms. The normalized spacial score (nSPS) is 12.0. The monoisotopic (exact) mass is 282 g/mol. The minimum absolute atomic E-state index is 0.317. The van der Waals surface area contributed by atoms with E-state index in [4.69, 9.17) is 15.1 Å². The SMILES string of the molecule is CCC[CH2][Ge]([Cl])([CH2]CCC)[CH2]CCO. The van der Waals surface area contributed by atoms with E-state index in [1.807, 2.05) is 0 Å². The Morgan fingerprint density at radius 3 is 1.71 bits per heavy atom. The van der Waals surface area contributed by atoms with Crippen molar-refractivity contribution in [3.8, 4) is 0 Å². The molecule has 0 rings (SSSR count). The zero-order valence-corrected chi connectivity index (χ0v) is 12.5. The summed E-state index contributed by atoms with van der Waals surface area (Å²) in [5.41, 5.74) is 0. The van der Waals surface area contributed by atoms with Gasteiger partial charge in [0.25, 0.3) is 0 Å². The second-order valence-electron chi connectivity index (χ2n) is 4.19. The molecular formula is C11H25ClGeO. The van der Waals surface area contributed by atoms with Gasteiger partial charge in [0.15, 0.2) is 0 Å². The molecule has 0 spiro atoms. The molecule has 0 atom stereocenters. The molecule has 14 heavy (non-hydrogen) atoms. The van der Waals surface area contributed by atoms with Crippen LogP contribution >= 0.6 is 10.0 Å². The van der Waals surface area contributed by atoms with E-state index < -0.39 is 12.3 Å². The third-order valence-electron chi connectivity index (χ3n) is 2.74. The van der Waals surface area contributed by atoms with Gasteiger partial charge in [-0.25, -0.2) is 0 Å². The van der Waals surface area contributed by atoms with Crippen molar-refractivity contribution in [1.82, 2.24) is 0 Å². The van der Waals surface area contributed by atoms with Crippen LogP contribution in [0.25, 0.3) is 0 Å². The first kappa shape index (κ1) is 14.8. The molecule has 0 aromatic heterocycles. The Morgan fingerprint density at radius 2 is 1.36 bits per heavy atom. The molecule has 0 aromatic carbocycles. The van der Waals surface area contributed by atoms with Crippen LogP contribution in [-0.2, 0) is 0 Å². The number of halogens is 1. The molecule has 0 saturated heterocycles. The standard InChI is InChI=1S/C11H25ClGeO/c1-3-5-8-13(12,9-6-4-2)10-7-11-14/h14H,3-11H2,1-2H3. The second kappa shape index (κ2) is 9.05. The van der Waals surface area contributed by atoms with Gasteiger partial charge in [0.1, 0.15) is 0 Å². The summed E-state index contributed by atoms with van der Waals surface area (Å²) in [6.45, 7) is 4.77. The summed E-state index contributed by atoms with van der Waals surface area (Å²) in [4.78, 5) is 0. The van der Waals surface area contributed by atoms with Gasteiger partial charge in [0, 0.05) is 0 Å². The first-order chi connectivity index (χ1) is 6.68. The molecule has 0 amide bonds. The van der Waals surface area contributed by atoms with E-state index in [-0.39, 0.29) is 0 Å². The molecule has 1 nitrogen and oxygen atoms in total. The summed E-state index contributed by atoms with van der Waals surface area (Å²) in [6.07, 6.45) is 6.02. The molecule has 86 valence electrons. The quantitative estimate of drug-likeness (QED) is 0.629. The van der Waals surface area contributed by atoms with E-state index in [1.165, 1.54) is 36.2 Å². The van der Waals surface area contributed by atoms with E-state index in [0.717, 1.165) is 11.7 Å². The molecule has 0 aromatic rings. The van der Waals surface area contributed by atoms with Crippen molar-refractivity contribution in [3.05, 3.63) is 0 Å². The number of aliphatic hydroxyl groups is 1. The fraction of sp³-hybridized carbons (Fsp3) is 1.00. The number of unbranched alkanes of at least 4 members (excludes halogenated alkanes) is 2. The Labute approximate surface area is 95.8 Å². The van der Waals surface area contributed by atoms with Gasteiger partial charge in [-0.1, -0.05) is 0 Å². The van der Waals surface area contributed by atoms with Gasteiger partial charge in [0.2, 0.25) is 0 Å². The van der Waals surface area contributed by atoms with E-state index in [1.54, 1.807) is 0 Å². The van der Waals surface area contributed by atoms with E-state index >= 15 is 0 Å². The van der Waals surface area contributed by atoms with E-state index in [9.17, 15) is 0 Å². The van der Waals surface area contributed by atoms with Crippen LogP contribution in [0.2, 0.25) is 15.8 Å². The molecule has 1 N–H and O–H groups in total. The number of aliphatic hydroxyl groups excluding tert-OH is 1. The van der Waals surface area contributed by atoms with Crippen LogP contribution in [0.5, 0.6) is 0 Å². The zero-order chi connectivity index (χ0) is 10.9. The van der Waals surface area contributed by atoms with Crippen LogP contribution in [0.15, 0.2) is 0 Å². The van der Waals surface area contributed by atoms with Crippen LogP contribution in [0, 0.1) is 0 Å². The fourth-order valence-corrected chi connectivity index (χ4v) is 11.2. The van der Waals surface area contributed by atoms with Gasteiger partial charge < -0.3 is 0 Å². The molecule has 0 aliphatic heterocycles. The topological polar surface area (TPSA) is 20.2 Å². The first-order valence-electron chi connectivity index (χ1n) is 5.98. The summed E-state index contributed by atoms with van der Waals surface area (Å²) >= 11 is -2.01. The van der Waals surface area contributed by atoms with Gasteiger partial charge in [0.05, 0.1) is 0 Å². The summed E-state index contributed by atoms with van der Waals surface area (Å²) in [7, 11) is 6.75. The van der Waals surface area contributed by atoms with Crippen molar-refractivity contribution in [2.24, 2.45) is 0 Å². The molecule has 0 radical (unpaired) electrons. The van der Waals surface area contributed by atoms with Crippen molar-refractivity contribution >= 4 is 22.3 Å². The molecular weight excluding hydrogens is 256 g/mol. The molecule has 0 aliphatic carbocycles. The average molecular weight is 281 g/mol. The maximum absolute atomic E-state index is 8.85. The molecule has 0 unspecified atom stereocenters. The predicted molar refractivity (Wildman–Crippen MR) is 67.5 cm³/mol. The van der Waals surface area contributed by atoms with Crippen molar-refractivity contribution in [3.63, 3.8) is 0 Å².